The van der Waals surface area contributed by atoms with Crippen LogP contribution in [0.25, 0.3) is 0 Å². The molecule has 2 aromatic rings. The predicted molar refractivity (Wildman–Crippen MR) is 58.0 cm³/mol. The summed E-state index contributed by atoms with van der Waals surface area (Å²) >= 11 is 0. The molecule has 0 saturated carbocycles. The number of rotatable bonds is 3. The molecule has 0 aliphatic carbocycles. The average molecular weight is 238 g/mol. The molecule has 0 bridgehead atoms. The van der Waals surface area contributed by atoms with E-state index in [-0.39, 0.29) is 5.56 Å². The fraction of sp³-hybridized carbons (Fsp3) is 0.273. The van der Waals surface area contributed by atoms with E-state index in [4.69, 9.17) is 5.73 Å². The Morgan fingerprint density at radius 2 is 2.18 bits per heavy atom. The molecule has 4 nitrogen and oxygen atoms in total. The van der Waals surface area contributed by atoms with Gasteiger partial charge in [0, 0.05) is 31.3 Å². The molecule has 1 aromatic heterocycles. The highest BCUT2D eigenvalue weighted by Gasteiger charge is 2.14. The van der Waals surface area contributed by atoms with Gasteiger partial charge in [-0.1, -0.05) is 5.21 Å². The van der Waals surface area contributed by atoms with Gasteiger partial charge in [-0.15, -0.1) is 5.10 Å². The van der Waals surface area contributed by atoms with Crippen LogP contribution in [-0.2, 0) is 13.5 Å². The van der Waals surface area contributed by atoms with Crippen LogP contribution in [0.1, 0.15) is 17.3 Å². The Hall–Kier alpha value is -1.82. The minimum absolute atomic E-state index is 0.149. The van der Waals surface area contributed by atoms with Gasteiger partial charge < -0.3 is 5.73 Å². The number of nitrogens with zero attached hydrogens (tertiary/aromatic N) is 3. The van der Waals surface area contributed by atoms with Gasteiger partial charge in [0.05, 0.1) is 5.69 Å². The van der Waals surface area contributed by atoms with Gasteiger partial charge >= 0.3 is 0 Å². The van der Waals surface area contributed by atoms with Crippen molar-refractivity contribution in [2.75, 3.05) is 0 Å². The maximum Gasteiger partial charge on any atom is 0.128 e. The molecular weight excluding hydrogens is 226 g/mol. The van der Waals surface area contributed by atoms with E-state index in [1.165, 1.54) is 4.68 Å². The van der Waals surface area contributed by atoms with Crippen LogP contribution in [-0.4, -0.2) is 15.0 Å². The summed E-state index contributed by atoms with van der Waals surface area (Å²) in [4.78, 5) is 0. The van der Waals surface area contributed by atoms with Crippen LogP contribution in [0.4, 0.5) is 8.78 Å². The first kappa shape index (κ1) is 11.7. The van der Waals surface area contributed by atoms with Crippen LogP contribution in [0.2, 0.25) is 0 Å². The van der Waals surface area contributed by atoms with Gasteiger partial charge in [0.1, 0.15) is 11.6 Å². The van der Waals surface area contributed by atoms with E-state index in [1.54, 1.807) is 13.2 Å². The van der Waals surface area contributed by atoms with Gasteiger partial charge in [0.2, 0.25) is 0 Å². The lowest BCUT2D eigenvalue weighted by molar-refractivity contribution is 0.559. The third kappa shape index (κ3) is 2.65. The van der Waals surface area contributed by atoms with Crippen molar-refractivity contribution >= 4 is 0 Å². The normalized spacial score (nSPS) is 12.7. The molecule has 6 heteroatoms. The second-order valence-electron chi connectivity index (χ2n) is 3.86. The van der Waals surface area contributed by atoms with Crippen LogP contribution in [0.3, 0.4) is 0 Å². The second kappa shape index (κ2) is 4.58. The summed E-state index contributed by atoms with van der Waals surface area (Å²) in [7, 11) is 1.73. The zero-order valence-corrected chi connectivity index (χ0v) is 9.27. The van der Waals surface area contributed by atoms with E-state index in [0.29, 0.717) is 12.1 Å². The molecule has 1 heterocycles. The molecule has 0 radical (unpaired) electrons. The summed E-state index contributed by atoms with van der Waals surface area (Å²) in [5.41, 5.74) is 6.61. The summed E-state index contributed by atoms with van der Waals surface area (Å²) in [6.45, 7) is 0. The van der Waals surface area contributed by atoms with Crippen molar-refractivity contribution in [3.8, 4) is 0 Å². The molecular formula is C11H12F2N4. The Balaban J connectivity index is 2.19. The van der Waals surface area contributed by atoms with E-state index in [0.717, 1.165) is 18.2 Å². The van der Waals surface area contributed by atoms with Crippen LogP contribution >= 0.6 is 0 Å². The van der Waals surface area contributed by atoms with Crippen molar-refractivity contribution < 1.29 is 8.78 Å². The van der Waals surface area contributed by atoms with Gasteiger partial charge in [-0.2, -0.15) is 0 Å². The molecule has 0 saturated heterocycles. The van der Waals surface area contributed by atoms with Crippen LogP contribution in [0.15, 0.2) is 24.4 Å². The van der Waals surface area contributed by atoms with Gasteiger partial charge in [0.15, 0.2) is 0 Å². The predicted octanol–water partition coefficient (Wildman–Crippen LogP) is 1.34. The average Bonchev–Trinajstić information content (AvgIpc) is 2.67. The van der Waals surface area contributed by atoms with Crippen molar-refractivity contribution in [1.29, 1.82) is 0 Å². The lowest BCUT2D eigenvalue weighted by atomic mass is 10.0. The number of benzene rings is 1. The molecule has 1 aromatic carbocycles. The van der Waals surface area contributed by atoms with Gasteiger partial charge in [-0.3, -0.25) is 4.68 Å². The SMILES string of the molecule is Cn1cc(CC(N)c2cc(F)ccc2F)nn1. The Morgan fingerprint density at radius 1 is 1.41 bits per heavy atom. The number of hydrogen-bond donors (Lipinski definition) is 1. The van der Waals surface area contributed by atoms with Crippen molar-refractivity contribution in [3.05, 3.63) is 47.3 Å². The number of aryl methyl sites for hydroxylation is 1. The Morgan fingerprint density at radius 3 is 2.82 bits per heavy atom. The van der Waals surface area contributed by atoms with E-state index < -0.39 is 17.7 Å². The molecule has 2 rings (SSSR count). The maximum absolute atomic E-state index is 13.4. The molecule has 90 valence electrons. The monoisotopic (exact) mass is 238 g/mol. The first-order valence-electron chi connectivity index (χ1n) is 5.12. The number of nitrogens with two attached hydrogens (primary N) is 1. The highest BCUT2D eigenvalue weighted by atomic mass is 19.1. The van der Waals surface area contributed by atoms with Gasteiger partial charge in [-0.25, -0.2) is 8.78 Å². The molecule has 1 unspecified atom stereocenters. The first-order chi connectivity index (χ1) is 8.06. The number of halogens is 2. The third-order valence-corrected chi connectivity index (χ3v) is 2.44. The topological polar surface area (TPSA) is 56.7 Å². The number of aromatic nitrogens is 3. The van der Waals surface area contributed by atoms with Crippen molar-refractivity contribution in [2.45, 2.75) is 12.5 Å². The van der Waals surface area contributed by atoms with Crippen LogP contribution in [0, 0.1) is 11.6 Å². The molecule has 0 fully saturated rings. The fourth-order valence-corrected chi connectivity index (χ4v) is 1.62. The van der Waals surface area contributed by atoms with E-state index in [9.17, 15) is 8.78 Å². The summed E-state index contributed by atoms with van der Waals surface area (Å²) in [6.07, 6.45) is 2.01. The van der Waals surface area contributed by atoms with Crippen molar-refractivity contribution in [3.63, 3.8) is 0 Å². The lowest BCUT2D eigenvalue weighted by Gasteiger charge is -2.11. The molecule has 0 amide bonds. The van der Waals surface area contributed by atoms with E-state index in [1.807, 2.05) is 0 Å². The summed E-state index contributed by atoms with van der Waals surface area (Å²) in [6, 6.07) is 2.60. The summed E-state index contributed by atoms with van der Waals surface area (Å²) in [5.74, 6) is -1.02. The minimum atomic E-state index is -0.637. The van der Waals surface area contributed by atoms with Crippen molar-refractivity contribution in [1.82, 2.24) is 15.0 Å². The molecule has 1 atom stereocenters. The van der Waals surface area contributed by atoms with Crippen LogP contribution < -0.4 is 5.73 Å². The third-order valence-electron chi connectivity index (χ3n) is 2.44. The zero-order valence-electron chi connectivity index (χ0n) is 9.27. The second-order valence-corrected chi connectivity index (χ2v) is 3.86. The fourth-order valence-electron chi connectivity index (χ4n) is 1.62. The molecule has 2 N–H and O–H groups in total. The summed E-state index contributed by atoms with van der Waals surface area (Å²) < 4.78 is 28.0. The Kier molecular flexibility index (Phi) is 3.14. The lowest BCUT2D eigenvalue weighted by Crippen LogP contribution is -2.15. The zero-order chi connectivity index (χ0) is 12.4. The minimum Gasteiger partial charge on any atom is -0.324 e. The van der Waals surface area contributed by atoms with Gasteiger partial charge in [-0.05, 0) is 18.2 Å². The summed E-state index contributed by atoms with van der Waals surface area (Å²) in [5, 5.41) is 7.60. The smallest absolute Gasteiger partial charge is 0.128 e. The standard InChI is InChI=1S/C11H12F2N4/c1-17-6-8(15-16-17)5-11(14)9-4-7(12)2-3-10(9)13/h2-4,6,11H,5,14H2,1H3. The largest absolute Gasteiger partial charge is 0.324 e. The first-order valence-corrected chi connectivity index (χ1v) is 5.12. The van der Waals surface area contributed by atoms with E-state index >= 15 is 0 Å². The maximum atomic E-state index is 13.4. The highest BCUT2D eigenvalue weighted by molar-refractivity contribution is 5.23. The molecule has 0 aliphatic rings. The highest BCUT2D eigenvalue weighted by Crippen LogP contribution is 2.19. The van der Waals surface area contributed by atoms with Crippen molar-refractivity contribution in [2.24, 2.45) is 12.8 Å². The molecule has 17 heavy (non-hydrogen) atoms. The molecule has 0 spiro atoms. The Bertz CT molecular complexity index is 524. The quantitative estimate of drug-likeness (QED) is 0.877. The van der Waals surface area contributed by atoms with Crippen LogP contribution in [0.5, 0.6) is 0 Å². The molecule has 0 aliphatic heterocycles. The number of hydrogen-bond acceptors (Lipinski definition) is 3. The van der Waals surface area contributed by atoms with E-state index in [2.05, 4.69) is 10.3 Å². The van der Waals surface area contributed by atoms with Gasteiger partial charge in [0.25, 0.3) is 0 Å². The Labute approximate surface area is 97.0 Å².